The van der Waals surface area contributed by atoms with E-state index < -0.39 is 6.10 Å². The fraction of sp³-hybridized carbons (Fsp3) is 0.562. The zero-order chi connectivity index (χ0) is 15.4. The van der Waals surface area contributed by atoms with E-state index in [-0.39, 0.29) is 11.9 Å². The monoisotopic (exact) mass is 324 g/mol. The highest BCUT2D eigenvalue weighted by molar-refractivity contribution is 6.33. The van der Waals surface area contributed by atoms with E-state index >= 15 is 0 Å². The molecule has 0 aliphatic carbocycles. The summed E-state index contributed by atoms with van der Waals surface area (Å²) >= 11 is 6.27. The minimum absolute atomic E-state index is 0.0780. The lowest BCUT2D eigenvalue weighted by atomic mass is 10.0. The van der Waals surface area contributed by atoms with Crippen LogP contribution in [-0.4, -0.2) is 51.0 Å². The van der Waals surface area contributed by atoms with Gasteiger partial charge in [-0.2, -0.15) is 0 Å². The minimum Gasteiger partial charge on any atom is -0.376 e. The Morgan fingerprint density at radius 3 is 2.95 bits per heavy atom. The van der Waals surface area contributed by atoms with Crippen molar-refractivity contribution in [3.63, 3.8) is 0 Å². The van der Waals surface area contributed by atoms with E-state index in [9.17, 15) is 4.79 Å². The van der Waals surface area contributed by atoms with E-state index in [0.29, 0.717) is 19.8 Å². The first-order chi connectivity index (χ1) is 10.7. The largest absolute Gasteiger partial charge is 0.376 e. The van der Waals surface area contributed by atoms with Crippen LogP contribution >= 0.6 is 11.6 Å². The third kappa shape index (κ3) is 3.72. The number of amides is 1. The standard InChI is InChI=1S/C16H21ClN2O3/c17-13-5-1-2-6-14(13)19-7-3-4-12(10-19)18-16(20)15-11-21-8-9-22-15/h1-2,5-6,12,15H,3-4,7-11H2,(H,18,20)/t12-,15+/m0/s1. The van der Waals surface area contributed by atoms with Gasteiger partial charge < -0.3 is 19.7 Å². The molecule has 0 bridgehead atoms. The van der Waals surface area contributed by atoms with Crippen LogP contribution in [0.1, 0.15) is 12.8 Å². The fourth-order valence-electron chi connectivity index (χ4n) is 2.96. The number of nitrogens with one attached hydrogen (secondary N) is 1. The Bertz CT molecular complexity index is 520. The summed E-state index contributed by atoms with van der Waals surface area (Å²) in [6, 6.07) is 7.94. The van der Waals surface area contributed by atoms with E-state index in [4.69, 9.17) is 21.1 Å². The van der Waals surface area contributed by atoms with Crippen molar-refractivity contribution in [2.24, 2.45) is 0 Å². The average molecular weight is 325 g/mol. The second-order valence-corrected chi connectivity index (χ2v) is 6.09. The first kappa shape index (κ1) is 15.6. The number of para-hydroxylation sites is 1. The maximum absolute atomic E-state index is 12.2. The van der Waals surface area contributed by atoms with Gasteiger partial charge in [-0.05, 0) is 25.0 Å². The number of carbonyl (C=O) groups excluding carboxylic acids is 1. The summed E-state index contributed by atoms with van der Waals surface area (Å²) in [6.45, 7) is 3.11. The van der Waals surface area contributed by atoms with Crippen LogP contribution in [0.2, 0.25) is 5.02 Å². The number of halogens is 1. The van der Waals surface area contributed by atoms with Crippen molar-refractivity contribution in [2.75, 3.05) is 37.8 Å². The van der Waals surface area contributed by atoms with E-state index in [1.807, 2.05) is 24.3 Å². The molecule has 1 aromatic carbocycles. The molecule has 5 nitrogen and oxygen atoms in total. The zero-order valence-electron chi connectivity index (χ0n) is 12.5. The third-order valence-corrected chi connectivity index (χ3v) is 4.39. The van der Waals surface area contributed by atoms with Crippen molar-refractivity contribution >= 4 is 23.2 Å². The maximum Gasteiger partial charge on any atom is 0.251 e. The van der Waals surface area contributed by atoms with E-state index in [2.05, 4.69) is 10.2 Å². The van der Waals surface area contributed by atoms with Gasteiger partial charge in [0.25, 0.3) is 5.91 Å². The Morgan fingerprint density at radius 1 is 1.32 bits per heavy atom. The van der Waals surface area contributed by atoms with Gasteiger partial charge in [0, 0.05) is 19.1 Å². The Balaban J connectivity index is 1.58. The summed E-state index contributed by atoms with van der Waals surface area (Å²) < 4.78 is 10.7. The van der Waals surface area contributed by atoms with Crippen LogP contribution in [0.4, 0.5) is 5.69 Å². The average Bonchev–Trinajstić information content (AvgIpc) is 2.56. The van der Waals surface area contributed by atoms with Crippen molar-refractivity contribution in [2.45, 2.75) is 25.0 Å². The Hall–Kier alpha value is -1.30. The summed E-state index contributed by atoms with van der Waals surface area (Å²) in [5, 5.41) is 3.83. The smallest absolute Gasteiger partial charge is 0.251 e. The predicted molar refractivity (Wildman–Crippen MR) is 85.4 cm³/mol. The molecule has 120 valence electrons. The lowest BCUT2D eigenvalue weighted by Gasteiger charge is -2.36. The molecule has 3 rings (SSSR count). The number of hydrogen-bond acceptors (Lipinski definition) is 4. The lowest BCUT2D eigenvalue weighted by Crippen LogP contribution is -2.52. The van der Waals surface area contributed by atoms with Crippen molar-refractivity contribution in [1.29, 1.82) is 0 Å². The van der Waals surface area contributed by atoms with Gasteiger partial charge in [-0.25, -0.2) is 0 Å². The second-order valence-electron chi connectivity index (χ2n) is 5.68. The van der Waals surface area contributed by atoms with Crippen molar-refractivity contribution < 1.29 is 14.3 Å². The van der Waals surface area contributed by atoms with Gasteiger partial charge in [-0.15, -0.1) is 0 Å². The number of carbonyl (C=O) groups is 1. The summed E-state index contributed by atoms with van der Waals surface area (Å²) in [7, 11) is 0. The maximum atomic E-state index is 12.2. The molecule has 0 unspecified atom stereocenters. The van der Waals surface area contributed by atoms with E-state index in [0.717, 1.165) is 36.6 Å². The van der Waals surface area contributed by atoms with Crippen LogP contribution in [0.5, 0.6) is 0 Å². The molecule has 1 aromatic rings. The molecule has 2 saturated heterocycles. The van der Waals surface area contributed by atoms with Crippen molar-refractivity contribution in [1.82, 2.24) is 5.32 Å². The Morgan fingerprint density at radius 2 is 2.18 bits per heavy atom. The van der Waals surface area contributed by atoms with Gasteiger partial charge in [-0.3, -0.25) is 4.79 Å². The molecule has 2 aliphatic heterocycles. The normalized spacial score (nSPS) is 25.8. The number of rotatable bonds is 3. The van der Waals surface area contributed by atoms with Gasteiger partial charge >= 0.3 is 0 Å². The predicted octanol–water partition coefficient (Wildman–Crippen LogP) is 1.84. The number of benzene rings is 1. The molecule has 0 saturated carbocycles. The molecule has 2 fully saturated rings. The number of anilines is 1. The molecule has 0 aromatic heterocycles. The zero-order valence-corrected chi connectivity index (χ0v) is 13.2. The van der Waals surface area contributed by atoms with Gasteiger partial charge in [0.2, 0.25) is 0 Å². The molecule has 1 N–H and O–H groups in total. The molecule has 2 heterocycles. The van der Waals surface area contributed by atoms with Crippen LogP contribution in [0.15, 0.2) is 24.3 Å². The van der Waals surface area contributed by atoms with E-state index in [1.165, 1.54) is 0 Å². The van der Waals surface area contributed by atoms with Gasteiger partial charge in [-0.1, -0.05) is 23.7 Å². The SMILES string of the molecule is O=C(N[C@H]1CCCN(c2ccccc2Cl)C1)[C@H]1COCCO1. The quantitative estimate of drug-likeness (QED) is 0.922. The first-order valence-corrected chi connectivity index (χ1v) is 8.11. The van der Waals surface area contributed by atoms with Crippen LogP contribution in [0.25, 0.3) is 0 Å². The van der Waals surface area contributed by atoms with Crippen LogP contribution < -0.4 is 10.2 Å². The van der Waals surface area contributed by atoms with Crippen LogP contribution in [-0.2, 0) is 14.3 Å². The van der Waals surface area contributed by atoms with E-state index in [1.54, 1.807) is 0 Å². The Labute approximate surface area is 135 Å². The Kier molecular flexibility index (Phi) is 5.18. The topological polar surface area (TPSA) is 50.8 Å². The van der Waals surface area contributed by atoms with Crippen LogP contribution in [0, 0.1) is 0 Å². The molecule has 2 aliphatic rings. The summed E-state index contributed by atoms with van der Waals surface area (Å²) in [5.74, 6) is -0.0780. The summed E-state index contributed by atoms with van der Waals surface area (Å²) in [4.78, 5) is 14.4. The second kappa shape index (κ2) is 7.31. The summed E-state index contributed by atoms with van der Waals surface area (Å²) in [6.07, 6.45) is 1.52. The summed E-state index contributed by atoms with van der Waals surface area (Å²) in [5.41, 5.74) is 1.03. The first-order valence-electron chi connectivity index (χ1n) is 7.73. The van der Waals surface area contributed by atoms with Gasteiger partial charge in [0.05, 0.1) is 30.5 Å². The fourth-order valence-corrected chi connectivity index (χ4v) is 3.21. The molecule has 1 amide bonds. The van der Waals surface area contributed by atoms with Crippen molar-refractivity contribution in [3.05, 3.63) is 29.3 Å². The molecule has 22 heavy (non-hydrogen) atoms. The molecule has 2 atom stereocenters. The number of ether oxygens (including phenoxy) is 2. The molecular formula is C16H21ClN2O3. The highest BCUT2D eigenvalue weighted by atomic mass is 35.5. The molecular weight excluding hydrogens is 304 g/mol. The number of hydrogen-bond donors (Lipinski definition) is 1. The van der Waals surface area contributed by atoms with Crippen LogP contribution in [0.3, 0.4) is 0 Å². The minimum atomic E-state index is -0.482. The van der Waals surface area contributed by atoms with Gasteiger partial charge in [0.15, 0.2) is 6.10 Å². The molecule has 0 radical (unpaired) electrons. The number of piperidine rings is 1. The molecule has 6 heteroatoms. The number of nitrogens with zero attached hydrogens (tertiary/aromatic N) is 1. The lowest BCUT2D eigenvalue weighted by molar-refractivity contribution is -0.148. The highest BCUT2D eigenvalue weighted by Gasteiger charge is 2.27. The third-order valence-electron chi connectivity index (χ3n) is 4.07. The van der Waals surface area contributed by atoms with Crippen molar-refractivity contribution in [3.8, 4) is 0 Å². The highest BCUT2D eigenvalue weighted by Crippen LogP contribution is 2.27. The van der Waals surface area contributed by atoms with Gasteiger partial charge in [0.1, 0.15) is 0 Å². The molecule has 0 spiro atoms.